The molecule has 0 fully saturated rings. The van der Waals surface area contributed by atoms with Gasteiger partial charge >= 0.3 is 0 Å². The summed E-state index contributed by atoms with van der Waals surface area (Å²) in [5, 5.41) is 0. The second-order valence-corrected chi connectivity index (χ2v) is 8.59. The maximum atomic E-state index is 12.9. The lowest BCUT2D eigenvalue weighted by atomic mass is 10.00. The predicted octanol–water partition coefficient (Wildman–Crippen LogP) is 3.13. The molecule has 0 unspecified atom stereocenters. The average Bonchev–Trinajstić information content (AvgIpc) is 2.18. The van der Waals surface area contributed by atoms with Gasteiger partial charge in [0.15, 0.2) is 0 Å². The first-order chi connectivity index (χ1) is 6.80. The van der Waals surface area contributed by atoms with Gasteiger partial charge in [0, 0.05) is 9.64 Å². The molecule has 0 saturated carbocycles. The van der Waals surface area contributed by atoms with Gasteiger partial charge in [-0.05, 0) is 38.2 Å². The first-order valence-corrected chi connectivity index (χ1v) is 7.59. The van der Waals surface area contributed by atoms with E-state index in [2.05, 4.69) is 27.7 Å². The number of rotatable bonds is 3. The third-order valence-corrected chi connectivity index (χ3v) is 7.76. The largest absolute Gasteiger partial charge is 0.280 e. The van der Waals surface area contributed by atoms with E-state index in [0.717, 1.165) is 4.90 Å². The topological polar surface area (TPSA) is 17.1 Å². The standard InChI is InChI=1S/C13H22OS/c1-11(2)13(3,4)15(5,14)12-9-7-6-8-10-12/h6-11,15H,1-5H3. The monoisotopic (exact) mass is 226 g/mol. The highest BCUT2D eigenvalue weighted by atomic mass is 32.2. The normalized spacial score (nSPS) is 14.3. The van der Waals surface area contributed by atoms with Crippen LogP contribution >= 0.6 is 0 Å². The Labute approximate surface area is 94.3 Å². The van der Waals surface area contributed by atoms with Crippen LogP contribution in [0.4, 0.5) is 0 Å². The smallest absolute Gasteiger partial charge is 0.0241 e. The van der Waals surface area contributed by atoms with Gasteiger partial charge in [-0.3, -0.25) is 4.21 Å². The van der Waals surface area contributed by atoms with Crippen molar-refractivity contribution in [2.75, 3.05) is 6.26 Å². The summed E-state index contributed by atoms with van der Waals surface area (Å²) in [5.41, 5.74) is 0. The quantitative estimate of drug-likeness (QED) is 0.784. The van der Waals surface area contributed by atoms with Crippen molar-refractivity contribution in [1.29, 1.82) is 0 Å². The van der Waals surface area contributed by atoms with Gasteiger partial charge in [-0.1, -0.05) is 42.0 Å². The fourth-order valence-electron chi connectivity index (χ4n) is 1.54. The summed E-state index contributed by atoms with van der Waals surface area (Å²) in [6, 6.07) is 9.84. The Hall–Kier alpha value is -0.630. The van der Waals surface area contributed by atoms with E-state index in [1.807, 2.05) is 36.6 Å². The van der Waals surface area contributed by atoms with Crippen LogP contribution in [-0.2, 0) is 9.93 Å². The molecule has 0 atom stereocenters. The molecule has 0 aromatic heterocycles. The van der Waals surface area contributed by atoms with Crippen molar-refractivity contribution in [3.63, 3.8) is 0 Å². The summed E-state index contributed by atoms with van der Waals surface area (Å²) >= 11 is 0. The van der Waals surface area contributed by atoms with Crippen molar-refractivity contribution < 1.29 is 4.21 Å². The van der Waals surface area contributed by atoms with Crippen LogP contribution in [0, 0.1) is 5.92 Å². The third-order valence-electron chi connectivity index (χ3n) is 3.76. The number of thiol groups is 1. The first kappa shape index (κ1) is 12.4. The van der Waals surface area contributed by atoms with E-state index in [-0.39, 0.29) is 4.75 Å². The Bertz CT molecular complexity index is 365. The SMILES string of the molecule is CC(C)C(C)(C)[SH](C)(=O)c1ccccc1. The van der Waals surface area contributed by atoms with Crippen LogP contribution in [0.1, 0.15) is 27.7 Å². The molecule has 1 nitrogen and oxygen atoms in total. The number of hydrogen-bond acceptors (Lipinski definition) is 1. The van der Waals surface area contributed by atoms with E-state index in [9.17, 15) is 4.21 Å². The molecule has 0 aliphatic heterocycles. The molecule has 0 saturated heterocycles. The summed E-state index contributed by atoms with van der Waals surface area (Å²) in [7, 11) is -2.30. The molecule has 2 heteroatoms. The molecular weight excluding hydrogens is 204 g/mol. The zero-order valence-electron chi connectivity index (χ0n) is 10.3. The van der Waals surface area contributed by atoms with Crippen molar-refractivity contribution >= 4 is 9.93 Å². The van der Waals surface area contributed by atoms with E-state index < -0.39 is 9.93 Å². The Morgan fingerprint density at radius 2 is 1.60 bits per heavy atom. The minimum Gasteiger partial charge on any atom is -0.280 e. The fourth-order valence-corrected chi connectivity index (χ4v) is 3.93. The second kappa shape index (κ2) is 4.09. The number of hydrogen-bond donors (Lipinski definition) is 1. The Kier molecular flexibility index (Phi) is 3.39. The van der Waals surface area contributed by atoms with Crippen LogP contribution in [0.15, 0.2) is 35.2 Å². The number of benzene rings is 1. The van der Waals surface area contributed by atoms with Crippen molar-refractivity contribution in [2.45, 2.75) is 37.3 Å². The van der Waals surface area contributed by atoms with Crippen molar-refractivity contribution in [3.8, 4) is 0 Å². The van der Waals surface area contributed by atoms with E-state index in [0.29, 0.717) is 5.92 Å². The van der Waals surface area contributed by atoms with Gasteiger partial charge in [0.1, 0.15) is 0 Å². The molecule has 15 heavy (non-hydrogen) atoms. The zero-order chi connectivity index (χ0) is 11.7. The second-order valence-electron chi connectivity index (χ2n) is 5.07. The van der Waals surface area contributed by atoms with Crippen LogP contribution in [0.25, 0.3) is 0 Å². The van der Waals surface area contributed by atoms with Crippen LogP contribution in [-0.4, -0.2) is 15.2 Å². The zero-order valence-corrected chi connectivity index (χ0v) is 11.2. The summed E-state index contributed by atoms with van der Waals surface area (Å²) < 4.78 is 12.7. The molecule has 1 aromatic carbocycles. The molecule has 0 amide bonds. The van der Waals surface area contributed by atoms with Gasteiger partial charge in [0.2, 0.25) is 0 Å². The maximum Gasteiger partial charge on any atom is 0.0241 e. The van der Waals surface area contributed by atoms with Crippen molar-refractivity contribution in [1.82, 2.24) is 0 Å². The molecule has 1 aromatic rings. The van der Waals surface area contributed by atoms with Crippen LogP contribution in [0.5, 0.6) is 0 Å². The molecule has 1 rings (SSSR count). The average molecular weight is 226 g/mol. The molecule has 0 spiro atoms. The third kappa shape index (κ3) is 2.15. The van der Waals surface area contributed by atoms with Crippen molar-refractivity contribution in [2.24, 2.45) is 5.92 Å². The highest BCUT2D eigenvalue weighted by Crippen LogP contribution is 2.35. The predicted molar refractivity (Wildman–Crippen MR) is 69.1 cm³/mol. The van der Waals surface area contributed by atoms with Crippen LogP contribution in [0.2, 0.25) is 0 Å². The van der Waals surface area contributed by atoms with Gasteiger partial charge in [-0.2, -0.15) is 0 Å². The minimum absolute atomic E-state index is 0.144. The van der Waals surface area contributed by atoms with Gasteiger partial charge in [-0.25, -0.2) is 0 Å². The Morgan fingerprint density at radius 1 is 1.13 bits per heavy atom. The highest BCUT2D eigenvalue weighted by Gasteiger charge is 2.35. The lowest BCUT2D eigenvalue weighted by Gasteiger charge is -2.40. The van der Waals surface area contributed by atoms with Crippen LogP contribution in [0.3, 0.4) is 0 Å². The van der Waals surface area contributed by atoms with Crippen molar-refractivity contribution in [3.05, 3.63) is 30.3 Å². The summed E-state index contributed by atoms with van der Waals surface area (Å²) in [5.74, 6) is 0.411. The molecule has 0 aliphatic rings. The van der Waals surface area contributed by atoms with Gasteiger partial charge in [0.25, 0.3) is 0 Å². The molecule has 0 bridgehead atoms. The molecule has 0 aliphatic carbocycles. The summed E-state index contributed by atoms with van der Waals surface area (Å²) in [6.45, 7) is 8.48. The molecule has 86 valence electrons. The van der Waals surface area contributed by atoms with Gasteiger partial charge in [0.05, 0.1) is 0 Å². The molecular formula is C13H22OS. The molecule has 0 N–H and O–H groups in total. The van der Waals surface area contributed by atoms with Crippen LogP contribution < -0.4 is 0 Å². The van der Waals surface area contributed by atoms with Gasteiger partial charge < -0.3 is 0 Å². The lowest BCUT2D eigenvalue weighted by Crippen LogP contribution is -2.41. The lowest BCUT2D eigenvalue weighted by molar-refractivity contribution is 0.477. The fraction of sp³-hybridized carbons (Fsp3) is 0.538. The van der Waals surface area contributed by atoms with E-state index in [1.54, 1.807) is 0 Å². The molecule has 0 heterocycles. The Balaban J connectivity index is 3.20. The molecule has 0 radical (unpaired) electrons. The maximum absolute atomic E-state index is 12.9. The Morgan fingerprint density at radius 3 is 2.00 bits per heavy atom. The van der Waals surface area contributed by atoms with E-state index >= 15 is 0 Å². The minimum atomic E-state index is -2.30. The van der Waals surface area contributed by atoms with E-state index in [1.165, 1.54) is 0 Å². The van der Waals surface area contributed by atoms with Gasteiger partial charge in [-0.15, -0.1) is 0 Å². The summed E-state index contributed by atoms with van der Waals surface area (Å²) in [4.78, 5) is 0.990. The van der Waals surface area contributed by atoms with E-state index in [4.69, 9.17) is 0 Å². The highest BCUT2D eigenvalue weighted by molar-refractivity contribution is 8.03. The summed E-state index contributed by atoms with van der Waals surface area (Å²) in [6.07, 6.45) is 1.91. The first-order valence-electron chi connectivity index (χ1n) is 5.43.